The minimum atomic E-state index is -0.493. The third-order valence-electron chi connectivity index (χ3n) is 3.10. The van der Waals surface area contributed by atoms with Crippen molar-refractivity contribution in [2.45, 2.75) is 0 Å². The number of halogens is 1. The number of rotatable bonds is 4. The number of benzene rings is 1. The Morgan fingerprint density at radius 2 is 2.08 bits per heavy atom. The van der Waals surface area contributed by atoms with Crippen molar-refractivity contribution in [3.63, 3.8) is 0 Å². The molecule has 0 saturated heterocycles. The van der Waals surface area contributed by atoms with E-state index in [1.165, 1.54) is 29.1 Å². The summed E-state index contributed by atoms with van der Waals surface area (Å²) >= 11 is 5.73. The van der Waals surface area contributed by atoms with Crippen LogP contribution in [0, 0.1) is 10.1 Å². The van der Waals surface area contributed by atoms with Crippen LogP contribution in [-0.2, 0) is 0 Å². The van der Waals surface area contributed by atoms with E-state index in [0.717, 1.165) is 0 Å². The number of non-ortho nitro benzene ring substituents is 1. The van der Waals surface area contributed by atoms with E-state index >= 15 is 0 Å². The second-order valence-electron chi connectivity index (χ2n) is 4.74. The van der Waals surface area contributed by atoms with E-state index in [4.69, 9.17) is 11.6 Å². The van der Waals surface area contributed by atoms with E-state index < -0.39 is 10.8 Å². The van der Waals surface area contributed by atoms with Crippen LogP contribution in [0.5, 0.6) is 0 Å². The molecule has 0 saturated carbocycles. The number of amides is 1. The van der Waals surface area contributed by atoms with E-state index in [0.29, 0.717) is 16.5 Å². The van der Waals surface area contributed by atoms with Crippen LogP contribution in [0.15, 0.2) is 54.9 Å². The van der Waals surface area contributed by atoms with Gasteiger partial charge in [-0.05, 0) is 24.3 Å². The van der Waals surface area contributed by atoms with Crippen molar-refractivity contribution in [3.8, 4) is 5.69 Å². The first-order valence-corrected chi connectivity index (χ1v) is 7.14. The summed E-state index contributed by atoms with van der Waals surface area (Å²) in [4.78, 5) is 26.4. The van der Waals surface area contributed by atoms with Gasteiger partial charge in [0.05, 0.1) is 15.6 Å². The van der Waals surface area contributed by atoms with Crippen LogP contribution in [0.25, 0.3) is 5.69 Å². The molecule has 1 amide bonds. The normalized spacial score (nSPS) is 10.4. The highest BCUT2D eigenvalue weighted by molar-refractivity contribution is 6.30. The van der Waals surface area contributed by atoms with Crippen molar-refractivity contribution >= 4 is 29.0 Å². The lowest BCUT2D eigenvalue weighted by atomic mass is 10.3. The zero-order valence-corrected chi connectivity index (χ0v) is 12.8. The lowest BCUT2D eigenvalue weighted by Crippen LogP contribution is -2.14. The van der Waals surface area contributed by atoms with Gasteiger partial charge in [-0.2, -0.15) is 5.10 Å². The van der Waals surface area contributed by atoms with Crippen molar-refractivity contribution in [3.05, 3.63) is 75.7 Å². The van der Waals surface area contributed by atoms with Gasteiger partial charge in [-0.25, -0.2) is 9.67 Å². The number of nitro benzene ring substituents is 1. The van der Waals surface area contributed by atoms with Gasteiger partial charge in [-0.3, -0.25) is 14.9 Å². The topological polar surface area (TPSA) is 103 Å². The van der Waals surface area contributed by atoms with Gasteiger partial charge >= 0.3 is 0 Å². The summed E-state index contributed by atoms with van der Waals surface area (Å²) in [5, 5.41) is 18.0. The fourth-order valence-corrected chi connectivity index (χ4v) is 2.08. The van der Waals surface area contributed by atoms with Gasteiger partial charge < -0.3 is 5.32 Å². The van der Waals surface area contributed by atoms with Crippen LogP contribution in [0.3, 0.4) is 0 Å². The van der Waals surface area contributed by atoms with Crippen LogP contribution in [0.1, 0.15) is 10.5 Å². The summed E-state index contributed by atoms with van der Waals surface area (Å²) in [6, 6.07) is 10.6. The molecule has 0 atom stereocenters. The van der Waals surface area contributed by atoms with Crippen molar-refractivity contribution in [1.29, 1.82) is 0 Å². The first kappa shape index (κ1) is 15.6. The third-order valence-corrected chi connectivity index (χ3v) is 3.32. The number of nitrogens with zero attached hydrogens (tertiary/aromatic N) is 4. The minimum Gasteiger partial charge on any atom is -0.305 e. The van der Waals surface area contributed by atoms with Crippen LogP contribution in [-0.4, -0.2) is 25.6 Å². The molecular weight excluding hydrogens is 334 g/mol. The molecule has 0 radical (unpaired) electrons. The molecule has 2 heterocycles. The Balaban J connectivity index is 1.80. The fraction of sp³-hybridized carbons (Fsp3) is 0. The number of carbonyl (C=O) groups excluding carboxylic acids is 1. The molecule has 1 aromatic carbocycles. The molecule has 0 fully saturated rings. The molecule has 0 unspecified atom stereocenters. The molecule has 0 bridgehead atoms. The lowest BCUT2D eigenvalue weighted by Gasteiger charge is -2.02. The average Bonchev–Trinajstić information content (AvgIpc) is 3.07. The molecule has 0 aliphatic carbocycles. The van der Waals surface area contributed by atoms with Crippen LogP contribution < -0.4 is 5.32 Å². The van der Waals surface area contributed by atoms with Gasteiger partial charge in [-0.15, -0.1) is 0 Å². The zero-order chi connectivity index (χ0) is 17.1. The number of anilines is 1. The summed E-state index contributed by atoms with van der Waals surface area (Å²) < 4.78 is 1.39. The summed E-state index contributed by atoms with van der Waals surface area (Å²) in [6.45, 7) is 0. The molecule has 0 spiro atoms. The number of aromatic nitrogens is 3. The standard InChI is InChI=1S/C15H10ClN5O3/c16-10-4-5-14(17-9-10)18-15(22)13-6-7-20(19-13)11-2-1-3-12(8-11)21(23)24/h1-9H,(H,17,18,22). The van der Waals surface area contributed by atoms with Gasteiger partial charge in [0.15, 0.2) is 5.69 Å². The SMILES string of the molecule is O=C(Nc1ccc(Cl)cn1)c1ccn(-c2cccc([N+](=O)[O-])c2)n1. The van der Waals surface area contributed by atoms with Crippen molar-refractivity contribution < 1.29 is 9.72 Å². The van der Waals surface area contributed by atoms with Gasteiger partial charge in [0, 0.05) is 24.5 Å². The Bertz CT molecular complexity index is 907. The largest absolute Gasteiger partial charge is 0.305 e. The predicted molar refractivity (Wildman–Crippen MR) is 87.4 cm³/mol. The van der Waals surface area contributed by atoms with Gasteiger partial charge in [0.1, 0.15) is 5.82 Å². The molecule has 9 heteroatoms. The number of hydrogen-bond donors (Lipinski definition) is 1. The fourth-order valence-electron chi connectivity index (χ4n) is 1.97. The highest BCUT2D eigenvalue weighted by Gasteiger charge is 2.13. The summed E-state index contributed by atoms with van der Waals surface area (Å²) in [5.74, 6) is -0.108. The van der Waals surface area contributed by atoms with Crippen molar-refractivity contribution in [1.82, 2.24) is 14.8 Å². The first-order chi connectivity index (χ1) is 11.5. The van der Waals surface area contributed by atoms with E-state index in [2.05, 4.69) is 15.4 Å². The first-order valence-electron chi connectivity index (χ1n) is 6.76. The number of hydrogen-bond acceptors (Lipinski definition) is 5. The van der Waals surface area contributed by atoms with Crippen LogP contribution >= 0.6 is 11.6 Å². The van der Waals surface area contributed by atoms with Crippen LogP contribution in [0.4, 0.5) is 11.5 Å². The van der Waals surface area contributed by atoms with Gasteiger partial charge in [-0.1, -0.05) is 17.7 Å². The van der Waals surface area contributed by atoms with Crippen molar-refractivity contribution in [2.75, 3.05) is 5.32 Å². The Hall–Kier alpha value is -3.26. The molecule has 0 aliphatic heterocycles. The second kappa shape index (κ2) is 6.47. The summed E-state index contributed by atoms with van der Waals surface area (Å²) in [7, 11) is 0. The number of nitrogens with one attached hydrogen (secondary N) is 1. The molecular formula is C15H10ClN5O3. The Labute approximate surface area is 140 Å². The molecule has 24 heavy (non-hydrogen) atoms. The molecule has 0 aliphatic rings. The lowest BCUT2D eigenvalue weighted by molar-refractivity contribution is -0.384. The average molecular weight is 344 g/mol. The van der Waals surface area contributed by atoms with Crippen LogP contribution in [0.2, 0.25) is 5.02 Å². The number of pyridine rings is 1. The van der Waals surface area contributed by atoms with E-state index in [9.17, 15) is 14.9 Å². The maximum Gasteiger partial charge on any atom is 0.277 e. The highest BCUT2D eigenvalue weighted by Crippen LogP contribution is 2.17. The predicted octanol–water partition coefficient (Wildman–Crippen LogP) is 3.08. The smallest absolute Gasteiger partial charge is 0.277 e. The maximum absolute atomic E-state index is 12.2. The Kier molecular flexibility index (Phi) is 4.21. The molecule has 2 aromatic heterocycles. The van der Waals surface area contributed by atoms with Crippen molar-refractivity contribution in [2.24, 2.45) is 0 Å². The highest BCUT2D eigenvalue weighted by atomic mass is 35.5. The Morgan fingerprint density at radius 3 is 2.79 bits per heavy atom. The van der Waals surface area contributed by atoms with Gasteiger partial charge in [0.2, 0.25) is 0 Å². The molecule has 120 valence electrons. The molecule has 3 rings (SSSR count). The van der Waals surface area contributed by atoms with E-state index in [-0.39, 0.29) is 11.4 Å². The molecule has 8 nitrogen and oxygen atoms in total. The zero-order valence-electron chi connectivity index (χ0n) is 12.1. The minimum absolute atomic E-state index is 0.0561. The number of nitro groups is 1. The third kappa shape index (κ3) is 3.39. The number of carbonyl (C=O) groups is 1. The second-order valence-corrected chi connectivity index (χ2v) is 5.17. The van der Waals surface area contributed by atoms with E-state index in [1.54, 1.807) is 30.5 Å². The molecule has 1 N–H and O–H groups in total. The molecule has 3 aromatic rings. The quantitative estimate of drug-likeness (QED) is 0.579. The van der Waals surface area contributed by atoms with E-state index in [1.807, 2.05) is 0 Å². The van der Waals surface area contributed by atoms with Gasteiger partial charge in [0.25, 0.3) is 11.6 Å². The maximum atomic E-state index is 12.2. The summed E-state index contributed by atoms with van der Waals surface area (Å²) in [6.07, 6.45) is 2.96. The summed E-state index contributed by atoms with van der Waals surface area (Å²) in [5.41, 5.74) is 0.575. The monoisotopic (exact) mass is 343 g/mol. The Morgan fingerprint density at radius 1 is 1.25 bits per heavy atom.